The summed E-state index contributed by atoms with van der Waals surface area (Å²) >= 11 is 0. The first kappa shape index (κ1) is 21.6. The summed E-state index contributed by atoms with van der Waals surface area (Å²) in [7, 11) is 0. The zero-order chi connectivity index (χ0) is 20.0. The molecule has 2 saturated heterocycles. The zero-order valence-corrected chi connectivity index (χ0v) is 16.9. The molecule has 8 heteroatoms. The molecule has 8 nitrogen and oxygen atoms in total. The van der Waals surface area contributed by atoms with Crippen LogP contribution in [0.4, 0.5) is 0 Å². The fourth-order valence-corrected chi connectivity index (χ4v) is 4.15. The van der Waals surface area contributed by atoms with Crippen LogP contribution in [-0.4, -0.2) is 107 Å². The predicted octanol–water partition coefficient (Wildman–Crippen LogP) is 0.327. The van der Waals surface area contributed by atoms with Crippen LogP contribution in [0.1, 0.15) is 40.0 Å². The van der Waals surface area contributed by atoms with Crippen LogP contribution in [0.2, 0.25) is 0 Å². The van der Waals surface area contributed by atoms with Crippen molar-refractivity contribution in [2.75, 3.05) is 52.4 Å². The van der Waals surface area contributed by atoms with Crippen LogP contribution in [0, 0.1) is 0 Å². The highest BCUT2D eigenvalue weighted by Gasteiger charge is 2.31. The molecule has 2 amide bonds. The first-order valence-corrected chi connectivity index (χ1v) is 10.1. The maximum Gasteiger partial charge on any atom is 0.323 e. The monoisotopic (exact) mass is 382 g/mol. The largest absolute Gasteiger partial charge is 0.480 e. The van der Waals surface area contributed by atoms with Crippen molar-refractivity contribution in [1.82, 2.24) is 19.6 Å². The van der Waals surface area contributed by atoms with E-state index in [2.05, 4.69) is 16.7 Å². The van der Waals surface area contributed by atoms with E-state index in [9.17, 15) is 14.4 Å². The van der Waals surface area contributed by atoms with E-state index in [1.165, 1.54) is 11.8 Å². The third-order valence-corrected chi connectivity index (χ3v) is 5.92. The topological polar surface area (TPSA) is 84.4 Å². The van der Waals surface area contributed by atoms with E-state index in [0.29, 0.717) is 13.0 Å². The van der Waals surface area contributed by atoms with Gasteiger partial charge < -0.3 is 19.8 Å². The third kappa shape index (κ3) is 5.90. The number of carboxylic acids is 1. The second-order valence-electron chi connectivity index (χ2n) is 7.60. The maximum atomic E-state index is 12.9. The summed E-state index contributed by atoms with van der Waals surface area (Å²) in [6.07, 6.45) is 2.34. The normalized spacial score (nSPS) is 23.5. The fourth-order valence-electron chi connectivity index (χ4n) is 4.15. The predicted molar refractivity (Wildman–Crippen MR) is 102 cm³/mol. The second kappa shape index (κ2) is 10.0. The molecule has 0 spiro atoms. The first-order valence-electron chi connectivity index (χ1n) is 10.1. The second-order valence-corrected chi connectivity index (χ2v) is 7.60. The van der Waals surface area contributed by atoms with E-state index in [1.54, 1.807) is 0 Å². The van der Waals surface area contributed by atoms with Crippen molar-refractivity contribution in [3.05, 3.63) is 0 Å². The van der Waals surface area contributed by atoms with E-state index in [1.807, 2.05) is 11.8 Å². The molecule has 2 aliphatic rings. The van der Waals surface area contributed by atoms with Gasteiger partial charge in [0.15, 0.2) is 0 Å². The van der Waals surface area contributed by atoms with E-state index in [-0.39, 0.29) is 30.4 Å². The summed E-state index contributed by atoms with van der Waals surface area (Å²) in [5.41, 5.74) is 0. The molecule has 154 valence electrons. The average molecular weight is 383 g/mol. The van der Waals surface area contributed by atoms with E-state index in [4.69, 9.17) is 5.11 Å². The number of hydrogen-bond donors (Lipinski definition) is 1. The molecule has 27 heavy (non-hydrogen) atoms. The van der Waals surface area contributed by atoms with Crippen LogP contribution in [0.5, 0.6) is 0 Å². The molecule has 2 atom stereocenters. The van der Waals surface area contributed by atoms with Gasteiger partial charge in [0.2, 0.25) is 11.8 Å². The van der Waals surface area contributed by atoms with Crippen molar-refractivity contribution in [2.45, 2.75) is 52.1 Å². The summed E-state index contributed by atoms with van der Waals surface area (Å²) < 4.78 is 0. The Kier molecular flexibility index (Phi) is 8.04. The van der Waals surface area contributed by atoms with Crippen LogP contribution in [0.25, 0.3) is 0 Å². The van der Waals surface area contributed by atoms with Gasteiger partial charge in [-0.15, -0.1) is 0 Å². The lowest BCUT2D eigenvalue weighted by molar-refractivity contribution is -0.145. The molecule has 2 aliphatic heterocycles. The molecular weight excluding hydrogens is 348 g/mol. The maximum absolute atomic E-state index is 12.9. The Morgan fingerprint density at radius 1 is 1.07 bits per heavy atom. The van der Waals surface area contributed by atoms with Gasteiger partial charge in [-0.05, 0) is 39.3 Å². The highest BCUT2D eigenvalue weighted by molar-refractivity contribution is 5.81. The Hall–Kier alpha value is -1.67. The molecule has 0 saturated carbocycles. The van der Waals surface area contributed by atoms with Gasteiger partial charge in [-0.3, -0.25) is 19.3 Å². The molecule has 0 bridgehead atoms. The van der Waals surface area contributed by atoms with Crippen LogP contribution in [0.15, 0.2) is 0 Å². The Labute approximate surface area is 162 Å². The Bertz CT molecular complexity index is 534. The molecule has 1 N–H and O–H groups in total. The lowest BCUT2D eigenvalue weighted by Gasteiger charge is -2.37. The highest BCUT2D eigenvalue weighted by Crippen LogP contribution is 2.20. The van der Waals surface area contributed by atoms with E-state index in [0.717, 1.165) is 52.1 Å². The molecule has 0 radical (unpaired) electrons. The lowest BCUT2D eigenvalue weighted by atomic mass is 10.1. The third-order valence-electron chi connectivity index (χ3n) is 5.92. The quantitative estimate of drug-likeness (QED) is 0.713. The molecule has 2 rings (SSSR count). The van der Waals surface area contributed by atoms with Crippen LogP contribution in [-0.2, 0) is 14.4 Å². The Morgan fingerprint density at radius 3 is 2.30 bits per heavy atom. The van der Waals surface area contributed by atoms with Crippen LogP contribution < -0.4 is 0 Å². The van der Waals surface area contributed by atoms with Crippen LogP contribution >= 0.6 is 0 Å². The van der Waals surface area contributed by atoms with Crippen molar-refractivity contribution < 1.29 is 19.5 Å². The summed E-state index contributed by atoms with van der Waals surface area (Å²) in [5.74, 6) is -1.01. The van der Waals surface area contributed by atoms with Gasteiger partial charge in [0.25, 0.3) is 0 Å². The van der Waals surface area contributed by atoms with Crippen LogP contribution in [0.3, 0.4) is 0 Å². The number of likely N-dealkylation sites (N-methyl/N-ethyl adjacent to an activating group) is 1. The van der Waals surface area contributed by atoms with E-state index < -0.39 is 5.97 Å². The van der Waals surface area contributed by atoms with Gasteiger partial charge in [-0.25, -0.2) is 0 Å². The number of likely N-dealkylation sites (tertiary alicyclic amines) is 1. The molecule has 0 aromatic carbocycles. The summed E-state index contributed by atoms with van der Waals surface area (Å²) in [6.45, 7) is 11.2. The fraction of sp³-hybridized carbons (Fsp3) is 0.842. The van der Waals surface area contributed by atoms with Gasteiger partial charge in [-0.2, -0.15) is 0 Å². The van der Waals surface area contributed by atoms with Crippen molar-refractivity contribution in [3.8, 4) is 0 Å². The first-order chi connectivity index (χ1) is 12.8. The summed E-state index contributed by atoms with van der Waals surface area (Å²) in [6, 6.07) is -0.249. The standard InChI is InChI=1S/C19H34N4O4/c1-4-20-10-12-22(13-11-20)19(27)15(2)21-8-5-6-17(7-9-21)23(16(3)24)14-18(25)26/h15,17H,4-14H2,1-3H3,(H,25,26). The van der Waals surface area contributed by atoms with Crippen molar-refractivity contribution >= 4 is 17.8 Å². The minimum Gasteiger partial charge on any atom is -0.480 e. The molecule has 2 heterocycles. The van der Waals surface area contributed by atoms with Crippen molar-refractivity contribution in [3.63, 3.8) is 0 Å². The Morgan fingerprint density at radius 2 is 1.74 bits per heavy atom. The van der Waals surface area contributed by atoms with Gasteiger partial charge in [0, 0.05) is 45.7 Å². The number of carbonyl (C=O) groups excluding carboxylic acids is 2. The number of aliphatic carboxylic acids is 1. The molecule has 0 aliphatic carbocycles. The summed E-state index contributed by atoms with van der Waals surface area (Å²) in [5, 5.41) is 9.07. The molecule has 0 aromatic heterocycles. The van der Waals surface area contributed by atoms with Gasteiger partial charge in [-0.1, -0.05) is 6.92 Å². The number of hydrogen-bond acceptors (Lipinski definition) is 5. The Balaban J connectivity index is 1.91. The van der Waals surface area contributed by atoms with Gasteiger partial charge >= 0.3 is 5.97 Å². The number of amides is 2. The molecular formula is C19H34N4O4. The number of carboxylic acid groups (broad SMARTS) is 1. The zero-order valence-electron chi connectivity index (χ0n) is 16.9. The lowest BCUT2D eigenvalue weighted by Crippen LogP contribution is -2.54. The molecule has 0 aromatic rings. The minimum atomic E-state index is -0.985. The number of carbonyl (C=O) groups is 3. The number of nitrogens with zero attached hydrogens (tertiary/aromatic N) is 4. The number of piperazine rings is 1. The van der Waals surface area contributed by atoms with E-state index >= 15 is 0 Å². The van der Waals surface area contributed by atoms with Gasteiger partial charge in [0.1, 0.15) is 6.54 Å². The molecule has 2 unspecified atom stereocenters. The van der Waals surface area contributed by atoms with Crippen molar-refractivity contribution in [2.24, 2.45) is 0 Å². The number of rotatable bonds is 6. The van der Waals surface area contributed by atoms with Gasteiger partial charge in [0.05, 0.1) is 6.04 Å². The smallest absolute Gasteiger partial charge is 0.323 e. The minimum absolute atomic E-state index is 0.0704. The molecule has 2 fully saturated rings. The highest BCUT2D eigenvalue weighted by atomic mass is 16.4. The van der Waals surface area contributed by atoms with Crippen molar-refractivity contribution in [1.29, 1.82) is 0 Å². The summed E-state index contributed by atoms with van der Waals surface area (Å²) in [4.78, 5) is 43.8. The average Bonchev–Trinajstić information content (AvgIpc) is 2.90. The SMILES string of the molecule is CCN1CCN(C(=O)C(C)N2CCCC(N(CC(=O)O)C(C)=O)CC2)CC1.